The molecule has 1 aliphatic rings. The number of fused-ring (bicyclic) bond motifs is 1. The summed E-state index contributed by atoms with van der Waals surface area (Å²) in [5.41, 5.74) is 1.64. The van der Waals surface area contributed by atoms with Crippen LogP contribution in [0.3, 0.4) is 0 Å². The number of carbonyl (C=O) groups is 1. The zero-order valence-corrected chi connectivity index (χ0v) is 10.0. The second-order valence-electron chi connectivity index (χ2n) is 4.17. The van der Waals surface area contributed by atoms with E-state index in [1.165, 1.54) is 0 Å². The Hall–Kier alpha value is -2.50. The van der Waals surface area contributed by atoms with Crippen LogP contribution in [-0.2, 0) is 11.2 Å². The summed E-state index contributed by atoms with van der Waals surface area (Å²) in [6.45, 7) is 1.09. The summed E-state index contributed by atoms with van der Waals surface area (Å²) in [5.74, 6) is 0.930. The molecule has 3 rings (SSSR count). The number of H-pyrrole nitrogens is 1. The lowest BCUT2D eigenvalue weighted by atomic mass is 10.1. The van der Waals surface area contributed by atoms with E-state index in [0.29, 0.717) is 24.8 Å². The summed E-state index contributed by atoms with van der Waals surface area (Å²) < 4.78 is 10.9. The normalized spacial score (nSPS) is 13.3. The number of benzene rings is 1. The Morgan fingerprint density at radius 3 is 2.89 bits per heavy atom. The predicted octanol–water partition coefficient (Wildman–Crippen LogP) is 1.47. The molecule has 2 heterocycles. The molecule has 98 valence electrons. The molecule has 0 radical (unpaired) electrons. The molecule has 1 aromatic heterocycles. The number of aromatic amines is 1. The molecular formula is C13H12N2O4. The Morgan fingerprint density at radius 2 is 2.11 bits per heavy atom. The van der Waals surface area contributed by atoms with Crippen molar-refractivity contribution in [1.82, 2.24) is 9.97 Å². The van der Waals surface area contributed by atoms with Gasteiger partial charge in [-0.25, -0.2) is 4.98 Å². The zero-order valence-electron chi connectivity index (χ0n) is 10.0. The van der Waals surface area contributed by atoms with Gasteiger partial charge in [-0.3, -0.25) is 4.79 Å². The highest BCUT2D eigenvalue weighted by atomic mass is 16.6. The topological polar surface area (TPSA) is 84.4 Å². The van der Waals surface area contributed by atoms with Gasteiger partial charge in [0.15, 0.2) is 11.5 Å². The maximum Gasteiger partial charge on any atom is 0.311 e. The first-order valence-corrected chi connectivity index (χ1v) is 5.88. The third-order valence-electron chi connectivity index (χ3n) is 2.80. The minimum atomic E-state index is -0.914. The van der Waals surface area contributed by atoms with Crippen molar-refractivity contribution in [2.45, 2.75) is 6.42 Å². The zero-order chi connectivity index (χ0) is 13.2. The summed E-state index contributed by atoms with van der Waals surface area (Å²) in [6.07, 6.45) is 1.49. The first-order valence-electron chi connectivity index (χ1n) is 5.88. The monoisotopic (exact) mass is 260 g/mol. The van der Waals surface area contributed by atoms with E-state index in [0.717, 1.165) is 17.0 Å². The first-order chi connectivity index (χ1) is 9.22. The lowest BCUT2D eigenvalue weighted by molar-refractivity contribution is -0.136. The summed E-state index contributed by atoms with van der Waals surface area (Å²) in [7, 11) is 0. The van der Waals surface area contributed by atoms with Crippen LogP contribution in [0.1, 0.15) is 5.82 Å². The van der Waals surface area contributed by atoms with Crippen molar-refractivity contribution < 1.29 is 19.4 Å². The molecule has 0 spiro atoms. The van der Waals surface area contributed by atoms with Crippen LogP contribution >= 0.6 is 0 Å². The van der Waals surface area contributed by atoms with Gasteiger partial charge in [0, 0.05) is 5.56 Å². The van der Waals surface area contributed by atoms with Crippen LogP contribution in [0.25, 0.3) is 11.3 Å². The Labute approximate surface area is 109 Å². The molecule has 2 N–H and O–H groups in total. The molecule has 0 atom stereocenters. The van der Waals surface area contributed by atoms with Gasteiger partial charge in [-0.15, -0.1) is 0 Å². The van der Waals surface area contributed by atoms with Gasteiger partial charge in [-0.05, 0) is 18.2 Å². The molecule has 6 nitrogen and oxygen atoms in total. The van der Waals surface area contributed by atoms with Gasteiger partial charge in [0.1, 0.15) is 25.5 Å². The van der Waals surface area contributed by atoms with Crippen molar-refractivity contribution in [3.8, 4) is 22.8 Å². The fraction of sp³-hybridized carbons (Fsp3) is 0.231. The van der Waals surface area contributed by atoms with Gasteiger partial charge in [-0.2, -0.15) is 0 Å². The van der Waals surface area contributed by atoms with Crippen LogP contribution < -0.4 is 9.47 Å². The number of imidazole rings is 1. The van der Waals surface area contributed by atoms with E-state index in [9.17, 15) is 4.79 Å². The number of hydrogen-bond acceptors (Lipinski definition) is 4. The summed E-state index contributed by atoms with van der Waals surface area (Å²) in [4.78, 5) is 17.6. The molecule has 6 heteroatoms. The number of hydrogen-bond donors (Lipinski definition) is 2. The number of aromatic nitrogens is 2. The number of carboxylic acid groups (broad SMARTS) is 1. The Balaban J connectivity index is 1.89. The van der Waals surface area contributed by atoms with Crippen LogP contribution in [0.15, 0.2) is 24.4 Å². The van der Waals surface area contributed by atoms with E-state index in [2.05, 4.69) is 9.97 Å². The first kappa shape index (κ1) is 11.6. The second kappa shape index (κ2) is 4.64. The largest absolute Gasteiger partial charge is 0.486 e. The lowest BCUT2D eigenvalue weighted by Crippen LogP contribution is -2.15. The van der Waals surface area contributed by atoms with E-state index in [-0.39, 0.29) is 6.42 Å². The maximum absolute atomic E-state index is 10.6. The van der Waals surface area contributed by atoms with E-state index >= 15 is 0 Å². The minimum absolute atomic E-state index is 0.120. The van der Waals surface area contributed by atoms with Crippen LogP contribution in [0.4, 0.5) is 0 Å². The quantitative estimate of drug-likeness (QED) is 0.873. The highest BCUT2D eigenvalue weighted by molar-refractivity contribution is 5.70. The van der Waals surface area contributed by atoms with Crippen LogP contribution in [0.5, 0.6) is 11.5 Å². The molecule has 2 aromatic rings. The van der Waals surface area contributed by atoms with Crippen LogP contribution in [-0.4, -0.2) is 34.3 Å². The third kappa shape index (κ3) is 2.37. The van der Waals surface area contributed by atoms with Crippen molar-refractivity contribution in [1.29, 1.82) is 0 Å². The highest BCUT2D eigenvalue weighted by Gasteiger charge is 2.13. The molecule has 0 unspecified atom stereocenters. The van der Waals surface area contributed by atoms with Crippen LogP contribution in [0, 0.1) is 0 Å². The lowest BCUT2D eigenvalue weighted by Gasteiger charge is -2.18. The SMILES string of the molecule is O=C(O)Cc1ncc(-c2ccc3c(c2)OCCO3)[nH]1. The number of carboxylic acids is 1. The summed E-state index contributed by atoms with van der Waals surface area (Å²) in [5, 5.41) is 8.71. The second-order valence-corrected chi connectivity index (χ2v) is 4.17. The van der Waals surface area contributed by atoms with Gasteiger partial charge in [0.25, 0.3) is 0 Å². The molecule has 1 aromatic carbocycles. The predicted molar refractivity (Wildman–Crippen MR) is 66.4 cm³/mol. The number of nitrogens with one attached hydrogen (secondary N) is 1. The Bertz CT molecular complexity index is 621. The molecule has 0 saturated carbocycles. The molecule has 0 fully saturated rings. The van der Waals surface area contributed by atoms with Crippen molar-refractivity contribution in [2.75, 3.05) is 13.2 Å². The van der Waals surface area contributed by atoms with Gasteiger partial charge in [0.05, 0.1) is 11.9 Å². The number of aliphatic carboxylic acids is 1. The Kier molecular flexibility index (Phi) is 2.83. The summed E-state index contributed by atoms with van der Waals surface area (Å²) in [6, 6.07) is 5.57. The van der Waals surface area contributed by atoms with E-state index in [4.69, 9.17) is 14.6 Å². The molecule has 0 bridgehead atoms. The van der Waals surface area contributed by atoms with Gasteiger partial charge in [-0.1, -0.05) is 0 Å². The van der Waals surface area contributed by atoms with Gasteiger partial charge >= 0.3 is 5.97 Å². The number of ether oxygens (including phenoxy) is 2. The van der Waals surface area contributed by atoms with Crippen molar-refractivity contribution in [2.24, 2.45) is 0 Å². The molecular weight excluding hydrogens is 248 g/mol. The fourth-order valence-electron chi connectivity index (χ4n) is 1.95. The van der Waals surface area contributed by atoms with Crippen LogP contribution in [0.2, 0.25) is 0 Å². The van der Waals surface area contributed by atoms with Crippen molar-refractivity contribution >= 4 is 5.97 Å². The van der Waals surface area contributed by atoms with Gasteiger partial charge < -0.3 is 19.6 Å². The number of rotatable bonds is 3. The van der Waals surface area contributed by atoms with Gasteiger partial charge in [0.2, 0.25) is 0 Å². The molecule has 0 amide bonds. The standard InChI is InChI=1S/C13H12N2O4/c16-13(17)6-12-14-7-9(15-12)8-1-2-10-11(5-8)19-4-3-18-10/h1-2,5,7H,3-4,6H2,(H,14,15)(H,16,17). The maximum atomic E-state index is 10.6. The average molecular weight is 260 g/mol. The molecule has 0 saturated heterocycles. The Morgan fingerprint density at radius 1 is 1.32 bits per heavy atom. The average Bonchev–Trinajstić information content (AvgIpc) is 2.86. The van der Waals surface area contributed by atoms with Crippen molar-refractivity contribution in [3.63, 3.8) is 0 Å². The van der Waals surface area contributed by atoms with E-state index in [1.54, 1.807) is 6.20 Å². The van der Waals surface area contributed by atoms with E-state index < -0.39 is 5.97 Å². The highest BCUT2D eigenvalue weighted by Crippen LogP contribution is 2.33. The number of nitrogens with zero attached hydrogens (tertiary/aromatic N) is 1. The molecule has 1 aliphatic heterocycles. The smallest absolute Gasteiger partial charge is 0.311 e. The van der Waals surface area contributed by atoms with E-state index in [1.807, 2.05) is 18.2 Å². The summed E-state index contributed by atoms with van der Waals surface area (Å²) >= 11 is 0. The molecule has 19 heavy (non-hydrogen) atoms. The minimum Gasteiger partial charge on any atom is -0.486 e. The van der Waals surface area contributed by atoms with Crippen molar-refractivity contribution in [3.05, 3.63) is 30.2 Å². The fourth-order valence-corrected chi connectivity index (χ4v) is 1.95. The third-order valence-corrected chi connectivity index (χ3v) is 2.80. The molecule has 0 aliphatic carbocycles.